The number of fused-ring (bicyclic) bond motifs is 1. The molecule has 0 saturated heterocycles. The first-order valence-corrected chi connectivity index (χ1v) is 7.96. The number of nitrogens with zero attached hydrogens (tertiary/aromatic N) is 2. The summed E-state index contributed by atoms with van der Waals surface area (Å²) in [5.41, 5.74) is 8.95. The Kier molecular flexibility index (Phi) is 3.98. The van der Waals surface area contributed by atoms with E-state index in [1.54, 1.807) is 0 Å². The lowest BCUT2D eigenvalue weighted by Gasteiger charge is -2.02. The third-order valence-corrected chi connectivity index (χ3v) is 4.33. The second-order valence-corrected chi connectivity index (χ2v) is 6.02. The van der Waals surface area contributed by atoms with Crippen molar-refractivity contribution in [1.82, 2.24) is 4.57 Å². The number of anilines is 1. The van der Waals surface area contributed by atoms with Gasteiger partial charge in [0.25, 0.3) is 0 Å². The van der Waals surface area contributed by atoms with Crippen molar-refractivity contribution in [2.75, 3.05) is 5.73 Å². The summed E-state index contributed by atoms with van der Waals surface area (Å²) >= 11 is 3.38. The number of hydrogen-bond acceptors (Lipinski definition) is 2. The first kappa shape index (κ1) is 14.8. The van der Waals surface area contributed by atoms with Crippen LogP contribution in [0.5, 0.6) is 0 Å². The monoisotopic (exact) mass is 358 g/mol. The maximum atomic E-state index is 12.5. The molecule has 0 amide bonds. The van der Waals surface area contributed by atoms with E-state index in [1.165, 1.54) is 0 Å². The van der Waals surface area contributed by atoms with Crippen LogP contribution in [0.3, 0.4) is 0 Å². The molecule has 0 radical (unpaired) electrons. The van der Waals surface area contributed by atoms with Gasteiger partial charge < -0.3 is 0 Å². The van der Waals surface area contributed by atoms with Crippen LogP contribution in [0.1, 0.15) is 17.3 Å². The van der Waals surface area contributed by atoms with Crippen LogP contribution in [0.4, 0.5) is 5.95 Å². The topological polar surface area (TPSA) is 51.9 Å². The molecule has 0 spiro atoms. The second kappa shape index (κ2) is 5.93. The molecule has 3 rings (SSSR count). The van der Waals surface area contributed by atoms with Gasteiger partial charge in [-0.25, -0.2) is 9.13 Å². The van der Waals surface area contributed by atoms with E-state index in [9.17, 15) is 4.79 Å². The van der Waals surface area contributed by atoms with Gasteiger partial charge in [-0.3, -0.25) is 10.5 Å². The van der Waals surface area contributed by atoms with Gasteiger partial charge in [-0.05, 0) is 31.2 Å². The summed E-state index contributed by atoms with van der Waals surface area (Å²) in [6.45, 7) is 3.05. The predicted octanol–water partition coefficient (Wildman–Crippen LogP) is 3.18. The summed E-state index contributed by atoms with van der Waals surface area (Å²) in [7, 11) is 0. The van der Waals surface area contributed by atoms with Crippen LogP contribution in [0.25, 0.3) is 11.0 Å². The van der Waals surface area contributed by atoms with E-state index in [0.29, 0.717) is 11.5 Å². The Labute approximate surface area is 137 Å². The van der Waals surface area contributed by atoms with Crippen LogP contribution < -0.4 is 10.3 Å². The van der Waals surface area contributed by atoms with E-state index in [1.807, 2.05) is 64.6 Å². The highest BCUT2D eigenvalue weighted by atomic mass is 79.9. The molecule has 0 bridgehead atoms. The molecule has 4 nitrogen and oxygen atoms in total. The third-order valence-electron chi connectivity index (χ3n) is 3.80. The quantitative estimate of drug-likeness (QED) is 0.575. The molecule has 3 aromatic rings. The largest absolute Gasteiger partial charge is 0.356 e. The molecule has 0 atom stereocenters. The molecule has 1 heterocycles. The molecule has 0 saturated carbocycles. The fraction of sp³-hybridized carbons (Fsp3) is 0.176. The summed E-state index contributed by atoms with van der Waals surface area (Å²) < 4.78 is 4.85. The molecule has 0 aliphatic heterocycles. The number of ketones is 1. The number of para-hydroxylation sites is 2. The summed E-state index contributed by atoms with van der Waals surface area (Å²) in [4.78, 5) is 12.5. The average molecular weight is 359 g/mol. The van der Waals surface area contributed by atoms with Crippen LogP contribution in [0.2, 0.25) is 0 Å². The van der Waals surface area contributed by atoms with Gasteiger partial charge in [0.15, 0.2) is 5.78 Å². The maximum Gasteiger partial charge on any atom is 0.356 e. The molecule has 0 aliphatic carbocycles. The Hall–Kier alpha value is -2.14. The van der Waals surface area contributed by atoms with E-state index >= 15 is 0 Å². The van der Waals surface area contributed by atoms with Crippen LogP contribution in [-0.4, -0.2) is 10.4 Å². The van der Waals surface area contributed by atoms with Crippen molar-refractivity contribution in [3.8, 4) is 0 Å². The normalized spacial score (nSPS) is 11.0. The van der Waals surface area contributed by atoms with Crippen LogP contribution in [0, 0.1) is 0 Å². The molecule has 1 aromatic heterocycles. The molecule has 112 valence electrons. The number of nitrogens with two attached hydrogens (primary N) is 1. The van der Waals surface area contributed by atoms with Crippen molar-refractivity contribution in [3.63, 3.8) is 0 Å². The second-order valence-electron chi connectivity index (χ2n) is 5.11. The minimum Gasteiger partial charge on any atom is -0.291 e. The zero-order valence-electron chi connectivity index (χ0n) is 12.3. The lowest BCUT2D eigenvalue weighted by molar-refractivity contribution is -0.642. The number of halogens is 1. The smallest absolute Gasteiger partial charge is 0.291 e. The van der Waals surface area contributed by atoms with Gasteiger partial charge >= 0.3 is 5.95 Å². The van der Waals surface area contributed by atoms with Gasteiger partial charge in [0.05, 0.1) is 6.54 Å². The number of benzene rings is 2. The van der Waals surface area contributed by atoms with Gasteiger partial charge in [-0.1, -0.05) is 40.2 Å². The van der Waals surface area contributed by atoms with Gasteiger partial charge in [0.1, 0.15) is 17.6 Å². The van der Waals surface area contributed by atoms with Gasteiger partial charge in [0.2, 0.25) is 0 Å². The molecule has 22 heavy (non-hydrogen) atoms. The molecule has 2 N–H and O–H groups in total. The summed E-state index contributed by atoms with van der Waals surface area (Å²) in [6, 6.07) is 15.3. The number of carbonyl (C=O) groups excluding carboxylic acids is 1. The van der Waals surface area contributed by atoms with Crippen molar-refractivity contribution in [3.05, 3.63) is 58.6 Å². The van der Waals surface area contributed by atoms with Crippen molar-refractivity contribution in [1.29, 1.82) is 0 Å². The zero-order valence-corrected chi connectivity index (χ0v) is 13.9. The number of nitrogen functional groups attached to an aromatic ring is 1. The van der Waals surface area contributed by atoms with E-state index in [-0.39, 0.29) is 12.3 Å². The first-order chi connectivity index (χ1) is 10.6. The first-order valence-electron chi connectivity index (χ1n) is 7.17. The summed E-state index contributed by atoms with van der Waals surface area (Å²) in [5.74, 6) is 0.650. The fourth-order valence-electron chi connectivity index (χ4n) is 2.68. The van der Waals surface area contributed by atoms with E-state index in [4.69, 9.17) is 5.73 Å². The lowest BCUT2D eigenvalue weighted by atomic mass is 10.1. The highest BCUT2D eigenvalue weighted by Crippen LogP contribution is 2.16. The number of carbonyl (C=O) groups is 1. The van der Waals surface area contributed by atoms with Crippen molar-refractivity contribution < 1.29 is 9.36 Å². The summed E-state index contributed by atoms with van der Waals surface area (Å²) in [5, 5.41) is 0. The van der Waals surface area contributed by atoms with E-state index in [2.05, 4.69) is 15.9 Å². The Bertz CT molecular complexity index is 837. The van der Waals surface area contributed by atoms with Crippen LogP contribution in [0.15, 0.2) is 53.0 Å². The predicted molar refractivity (Wildman–Crippen MR) is 90.7 cm³/mol. The molecule has 5 heteroatoms. The number of rotatable bonds is 4. The van der Waals surface area contributed by atoms with Crippen molar-refractivity contribution in [2.24, 2.45) is 0 Å². The molecule has 2 aromatic carbocycles. The molecule has 0 unspecified atom stereocenters. The van der Waals surface area contributed by atoms with E-state index < -0.39 is 0 Å². The minimum atomic E-state index is 0.0446. The lowest BCUT2D eigenvalue weighted by Crippen LogP contribution is -2.40. The van der Waals surface area contributed by atoms with Gasteiger partial charge in [-0.2, -0.15) is 0 Å². The molecular formula is C17H17BrN3O+. The third kappa shape index (κ3) is 2.52. The Balaban J connectivity index is 2.02. The number of aryl methyl sites for hydroxylation is 1. The minimum absolute atomic E-state index is 0.0446. The van der Waals surface area contributed by atoms with Crippen molar-refractivity contribution >= 4 is 38.7 Å². The number of imidazole rings is 1. The zero-order chi connectivity index (χ0) is 15.7. The molecule has 0 aliphatic rings. The van der Waals surface area contributed by atoms with E-state index in [0.717, 1.165) is 22.1 Å². The number of Topliss-reactive ketones (excluding diaryl/α,β-unsaturated/α-hetero) is 1. The Morgan fingerprint density at radius 1 is 1.18 bits per heavy atom. The number of aromatic nitrogens is 2. The Morgan fingerprint density at radius 2 is 1.86 bits per heavy atom. The van der Waals surface area contributed by atoms with Gasteiger partial charge in [0, 0.05) is 10.0 Å². The van der Waals surface area contributed by atoms with Crippen LogP contribution >= 0.6 is 15.9 Å². The van der Waals surface area contributed by atoms with Crippen LogP contribution in [-0.2, 0) is 13.1 Å². The average Bonchev–Trinajstić information content (AvgIpc) is 2.80. The Morgan fingerprint density at radius 3 is 2.55 bits per heavy atom. The number of hydrogen-bond donors (Lipinski definition) is 1. The summed E-state index contributed by atoms with van der Waals surface area (Å²) in [6.07, 6.45) is 0. The molecule has 0 fully saturated rings. The highest BCUT2D eigenvalue weighted by molar-refractivity contribution is 9.10. The fourth-order valence-corrected chi connectivity index (χ4v) is 2.95. The standard InChI is InChI=1S/C17H16BrN3O/c1-2-20-14-5-3-4-6-15(14)21(17(20)19)11-16(22)12-7-9-13(18)10-8-12/h3-10,19H,2,11H2,1H3/p+1. The highest BCUT2D eigenvalue weighted by Gasteiger charge is 2.21. The SMILES string of the molecule is CCn1c(N)[n+](CC(=O)c2ccc(Br)cc2)c2ccccc21. The molecular weight excluding hydrogens is 342 g/mol. The van der Waals surface area contributed by atoms with Crippen molar-refractivity contribution in [2.45, 2.75) is 20.0 Å². The van der Waals surface area contributed by atoms with Gasteiger partial charge in [-0.15, -0.1) is 0 Å². The maximum absolute atomic E-state index is 12.5.